The number of esters is 2. The number of ether oxygens (including phenoxy) is 4. The van der Waals surface area contributed by atoms with Crippen LogP contribution in [0.4, 0.5) is 4.79 Å². The third kappa shape index (κ3) is 7.38. The molecule has 2 aromatic carbocycles. The zero-order valence-corrected chi connectivity index (χ0v) is 23.9. The summed E-state index contributed by atoms with van der Waals surface area (Å²) in [5.74, 6) is -0.161. The number of urea groups is 1. The molecule has 0 radical (unpaired) electrons. The van der Waals surface area contributed by atoms with Gasteiger partial charge in [0.05, 0.1) is 44.2 Å². The van der Waals surface area contributed by atoms with Crippen LogP contribution in [0.3, 0.4) is 0 Å². The summed E-state index contributed by atoms with van der Waals surface area (Å²) in [5, 5.41) is 9.19. The molecular weight excluding hydrogens is 560 g/mol. The number of nitrogens with zero attached hydrogens (tertiary/aromatic N) is 1. The number of hydrogen-bond donors (Lipinski definition) is 3. The van der Waals surface area contributed by atoms with Crippen LogP contribution >= 0.6 is 0 Å². The first kappa shape index (κ1) is 30.4. The summed E-state index contributed by atoms with van der Waals surface area (Å²) in [4.78, 5) is 48.8. The molecule has 2 heterocycles. The van der Waals surface area contributed by atoms with Crippen LogP contribution < -0.4 is 25.5 Å². The van der Waals surface area contributed by atoms with Gasteiger partial charge in [0, 0.05) is 11.3 Å². The van der Waals surface area contributed by atoms with Crippen LogP contribution in [-0.4, -0.2) is 57.5 Å². The number of carbonyl (C=O) groups excluding carboxylic acids is 4. The lowest BCUT2D eigenvalue weighted by Crippen LogP contribution is -2.45. The van der Waals surface area contributed by atoms with Gasteiger partial charge in [-0.05, 0) is 55.8 Å². The minimum atomic E-state index is -0.785. The number of allylic oxidation sites excluding steroid dienone is 1. The maximum absolute atomic E-state index is 12.6. The van der Waals surface area contributed by atoms with Gasteiger partial charge in [-0.2, -0.15) is 5.10 Å². The lowest BCUT2D eigenvalue weighted by Gasteiger charge is -2.28. The van der Waals surface area contributed by atoms with Crippen LogP contribution in [0.1, 0.15) is 41.6 Å². The highest BCUT2D eigenvalue weighted by molar-refractivity contribution is 5.95. The molecule has 0 fully saturated rings. The molecule has 224 valence electrons. The van der Waals surface area contributed by atoms with Gasteiger partial charge in [0.15, 0.2) is 18.1 Å². The number of amides is 3. The van der Waals surface area contributed by atoms with Crippen LogP contribution in [-0.2, 0) is 19.1 Å². The fraction of sp³-hybridized carbons (Fsp3) is 0.233. The van der Waals surface area contributed by atoms with E-state index < -0.39 is 29.9 Å². The van der Waals surface area contributed by atoms with Crippen LogP contribution in [0.5, 0.6) is 11.5 Å². The zero-order valence-electron chi connectivity index (χ0n) is 23.9. The van der Waals surface area contributed by atoms with E-state index in [0.717, 1.165) is 0 Å². The summed E-state index contributed by atoms with van der Waals surface area (Å²) >= 11 is 0. The average molecular weight is 591 g/mol. The number of rotatable bonds is 11. The van der Waals surface area contributed by atoms with Gasteiger partial charge >= 0.3 is 18.0 Å². The van der Waals surface area contributed by atoms with Crippen molar-refractivity contribution in [1.82, 2.24) is 16.1 Å². The average Bonchev–Trinajstić information content (AvgIpc) is 3.48. The predicted octanol–water partition coefficient (Wildman–Crippen LogP) is 3.46. The zero-order chi connectivity index (χ0) is 30.9. The Morgan fingerprint density at radius 3 is 2.60 bits per heavy atom. The Labute approximate surface area is 246 Å². The van der Waals surface area contributed by atoms with Crippen molar-refractivity contribution < 1.29 is 42.5 Å². The highest BCUT2D eigenvalue weighted by Crippen LogP contribution is 2.34. The van der Waals surface area contributed by atoms with Crippen molar-refractivity contribution >= 4 is 30.1 Å². The minimum absolute atomic E-state index is 0.175. The van der Waals surface area contributed by atoms with Gasteiger partial charge in [0.1, 0.15) is 11.5 Å². The van der Waals surface area contributed by atoms with Crippen LogP contribution in [0.15, 0.2) is 75.4 Å². The van der Waals surface area contributed by atoms with E-state index in [-0.39, 0.29) is 30.3 Å². The Morgan fingerprint density at radius 2 is 1.86 bits per heavy atom. The lowest BCUT2D eigenvalue weighted by atomic mass is 9.95. The summed E-state index contributed by atoms with van der Waals surface area (Å²) in [6.45, 7) is 3.10. The first-order chi connectivity index (χ1) is 20.7. The molecule has 1 aromatic heterocycles. The van der Waals surface area contributed by atoms with E-state index in [1.54, 1.807) is 68.4 Å². The van der Waals surface area contributed by atoms with E-state index in [9.17, 15) is 19.2 Å². The summed E-state index contributed by atoms with van der Waals surface area (Å²) in [6, 6.07) is 13.7. The van der Waals surface area contributed by atoms with Crippen molar-refractivity contribution in [2.75, 3.05) is 27.4 Å². The van der Waals surface area contributed by atoms with E-state index in [1.165, 1.54) is 20.4 Å². The van der Waals surface area contributed by atoms with E-state index in [4.69, 9.17) is 23.4 Å². The van der Waals surface area contributed by atoms with E-state index in [1.807, 2.05) is 0 Å². The Kier molecular flexibility index (Phi) is 9.78. The molecule has 0 saturated carbocycles. The largest absolute Gasteiger partial charge is 0.493 e. The summed E-state index contributed by atoms with van der Waals surface area (Å²) in [5.41, 5.74) is 4.59. The molecule has 0 aliphatic carbocycles. The van der Waals surface area contributed by atoms with Gasteiger partial charge in [-0.25, -0.2) is 19.8 Å². The molecule has 4 rings (SSSR count). The molecule has 0 saturated heterocycles. The van der Waals surface area contributed by atoms with Crippen LogP contribution in [0.2, 0.25) is 0 Å². The van der Waals surface area contributed by atoms with Gasteiger partial charge in [-0.3, -0.25) is 4.79 Å². The molecule has 3 aromatic rings. The number of hydrazone groups is 1. The number of carbonyl (C=O) groups is 4. The fourth-order valence-corrected chi connectivity index (χ4v) is 4.24. The molecule has 1 aliphatic rings. The predicted molar refractivity (Wildman–Crippen MR) is 153 cm³/mol. The Balaban J connectivity index is 1.37. The Bertz CT molecular complexity index is 1590. The molecule has 13 nitrogen and oxygen atoms in total. The topological polar surface area (TPSA) is 167 Å². The lowest BCUT2D eigenvalue weighted by molar-refractivity contribution is -0.139. The Morgan fingerprint density at radius 1 is 1.05 bits per heavy atom. The number of nitrogens with one attached hydrogen (secondary N) is 3. The summed E-state index contributed by atoms with van der Waals surface area (Å²) < 4.78 is 26.7. The molecule has 0 spiro atoms. The van der Waals surface area contributed by atoms with Crippen molar-refractivity contribution in [2.24, 2.45) is 5.10 Å². The molecule has 13 heteroatoms. The third-order valence-corrected chi connectivity index (χ3v) is 6.22. The number of benzene rings is 2. The fourth-order valence-electron chi connectivity index (χ4n) is 4.24. The summed E-state index contributed by atoms with van der Waals surface area (Å²) in [6.07, 6.45) is 1.32. The molecular formula is C30H30N4O9. The molecule has 43 heavy (non-hydrogen) atoms. The van der Waals surface area contributed by atoms with Crippen molar-refractivity contribution in [3.8, 4) is 22.8 Å². The van der Waals surface area contributed by atoms with Gasteiger partial charge in [0.25, 0.3) is 5.91 Å². The highest BCUT2D eigenvalue weighted by Gasteiger charge is 2.32. The third-order valence-electron chi connectivity index (χ3n) is 6.22. The van der Waals surface area contributed by atoms with E-state index in [0.29, 0.717) is 33.9 Å². The van der Waals surface area contributed by atoms with Gasteiger partial charge < -0.3 is 34.0 Å². The normalized spacial score (nSPS) is 14.5. The second-order valence-electron chi connectivity index (χ2n) is 9.06. The van der Waals surface area contributed by atoms with Crippen LogP contribution in [0.25, 0.3) is 11.3 Å². The van der Waals surface area contributed by atoms with E-state index in [2.05, 4.69) is 21.2 Å². The molecule has 0 bridgehead atoms. The number of furan rings is 1. The molecule has 1 aliphatic heterocycles. The SMILES string of the molecule is CCOC(=O)C1=C(C)NC(=O)N[C@H]1c1ccc(OCC(=O)N/N=C\c2ccc(-c3cccc(C(=O)OC)c3)o2)c(OC)c1. The summed E-state index contributed by atoms with van der Waals surface area (Å²) in [7, 11) is 2.73. The van der Waals surface area contributed by atoms with Crippen molar-refractivity contribution in [1.29, 1.82) is 0 Å². The van der Waals surface area contributed by atoms with Crippen molar-refractivity contribution in [3.05, 3.63) is 82.8 Å². The van der Waals surface area contributed by atoms with Gasteiger partial charge in [-0.1, -0.05) is 18.2 Å². The first-order valence-corrected chi connectivity index (χ1v) is 13.1. The van der Waals surface area contributed by atoms with Gasteiger partial charge in [0.2, 0.25) is 0 Å². The first-order valence-electron chi connectivity index (χ1n) is 13.1. The van der Waals surface area contributed by atoms with E-state index >= 15 is 0 Å². The van der Waals surface area contributed by atoms with Crippen LogP contribution in [0, 0.1) is 0 Å². The second kappa shape index (κ2) is 13.9. The number of methoxy groups -OCH3 is 2. The maximum atomic E-state index is 12.6. The highest BCUT2D eigenvalue weighted by atomic mass is 16.5. The molecule has 3 N–H and O–H groups in total. The standard InChI is InChI=1S/C30H30N4O9/c1-5-41-29(37)26-17(2)32-30(38)33-27(26)19-9-11-23(24(14-19)39-3)42-16-25(35)34-31-15-21-10-12-22(43-21)18-7-6-8-20(13-18)28(36)40-4/h6-15,27H,5,16H2,1-4H3,(H,34,35)(H2,32,33,38)/b31-15-/t27-/m0/s1. The van der Waals surface area contributed by atoms with Crippen molar-refractivity contribution in [3.63, 3.8) is 0 Å². The molecule has 3 amide bonds. The molecule has 1 atom stereocenters. The van der Waals surface area contributed by atoms with Gasteiger partial charge in [-0.15, -0.1) is 0 Å². The van der Waals surface area contributed by atoms with Crippen molar-refractivity contribution in [2.45, 2.75) is 19.9 Å². The quantitative estimate of drug-likeness (QED) is 0.172. The second-order valence-corrected chi connectivity index (χ2v) is 9.06. The smallest absolute Gasteiger partial charge is 0.338 e. The monoisotopic (exact) mass is 590 g/mol. The number of hydrogen-bond acceptors (Lipinski definition) is 10. The minimum Gasteiger partial charge on any atom is -0.493 e. The molecule has 0 unspecified atom stereocenters. The Hall–Kier alpha value is -5.59. The maximum Gasteiger partial charge on any atom is 0.338 e.